The van der Waals surface area contributed by atoms with Gasteiger partial charge in [0.1, 0.15) is 0 Å². The van der Waals surface area contributed by atoms with Crippen LogP contribution in [0.1, 0.15) is 44.4 Å². The molecule has 0 atom stereocenters. The van der Waals surface area contributed by atoms with Gasteiger partial charge in [-0.1, -0.05) is 100 Å². The van der Waals surface area contributed by atoms with E-state index in [9.17, 15) is 0 Å². The van der Waals surface area contributed by atoms with Crippen molar-refractivity contribution in [2.75, 3.05) is 0 Å². The van der Waals surface area contributed by atoms with Gasteiger partial charge in [0, 0.05) is 49.9 Å². The Morgan fingerprint density at radius 1 is 0.885 bits per heavy atom. The van der Waals surface area contributed by atoms with Crippen molar-refractivity contribution in [2.45, 2.75) is 60.6 Å². The molecular weight excluding hydrogens is 833 g/mol. The van der Waals surface area contributed by atoms with E-state index in [1.807, 2.05) is 88.4 Å². The summed E-state index contributed by atoms with van der Waals surface area (Å²) in [5.41, 5.74) is 7.79. The predicted octanol–water partition coefficient (Wildman–Crippen LogP) is 11.1. The number of pyridine rings is 2. The smallest absolute Gasteiger partial charge is 0.216 e. The molecule has 0 unspecified atom stereocenters. The molecule has 4 heterocycles. The Morgan fingerprint density at radius 2 is 1.65 bits per heavy atom. The summed E-state index contributed by atoms with van der Waals surface area (Å²) in [4.78, 5) is 14.1. The van der Waals surface area contributed by atoms with E-state index in [1.54, 1.807) is 18.3 Å². The average molecular weight is 882 g/mol. The predicted molar refractivity (Wildman–Crippen MR) is 215 cm³/mol. The Labute approximate surface area is 328 Å². The van der Waals surface area contributed by atoms with Gasteiger partial charge in [0.05, 0.1) is 30.5 Å². The third-order valence-electron chi connectivity index (χ3n) is 8.55. The molecule has 0 saturated heterocycles. The van der Waals surface area contributed by atoms with Gasteiger partial charge in [-0.3, -0.25) is 4.98 Å². The molecule has 0 aliphatic rings. The third kappa shape index (κ3) is 7.73. The number of aryl methyl sites for hydroxylation is 2. The summed E-state index contributed by atoms with van der Waals surface area (Å²) in [6.07, 6.45) is 0.269. The van der Waals surface area contributed by atoms with Crippen molar-refractivity contribution in [1.82, 2.24) is 19.5 Å². The quantitative estimate of drug-likeness (QED) is 0.128. The molecule has 8 rings (SSSR count). The van der Waals surface area contributed by atoms with E-state index in [0.29, 0.717) is 22.5 Å². The van der Waals surface area contributed by atoms with Crippen LogP contribution in [0.3, 0.4) is 0 Å². The zero-order chi connectivity index (χ0) is 40.2. The van der Waals surface area contributed by atoms with Gasteiger partial charge >= 0.3 is 0 Å². The molecule has 5 nitrogen and oxygen atoms in total. The standard InChI is InChI=1S/C25H16N3O.C20H28NSi.Ir/c1-16-14-15-19-18-10-7-11-20(23(18)29-25(19)26-16)24-27-21-12-5-6-13-22(21)28(24)17-8-3-2-4-9-17;1-15-8-10-16(11-9-15)18-12-17(13-20(2,3)4)19(14-21-18)22(5,6)7;/h2-10,12-15H,1H3;8-10,12,14H,13H2,1-7H3;/q2*-1;/i;1D3,13D2;. The van der Waals surface area contributed by atoms with Crippen molar-refractivity contribution in [3.63, 3.8) is 0 Å². The maximum Gasteiger partial charge on any atom is 0.216 e. The molecule has 8 aromatic rings. The molecule has 4 aromatic heterocycles. The van der Waals surface area contributed by atoms with Gasteiger partial charge in [0.25, 0.3) is 0 Å². The van der Waals surface area contributed by atoms with Crippen molar-refractivity contribution in [3.8, 4) is 28.3 Å². The van der Waals surface area contributed by atoms with Crippen LogP contribution in [-0.2, 0) is 26.5 Å². The first-order valence-electron chi connectivity index (χ1n) is 19.6. The number of nitrogens with zero attached hydrogens (tertiary/aromatic N) is 4. The summed E-state index contributed by atoms with van der Waals surface area (Å²) in [5.74, 6) is 0.804. The first-order chi connectivity index (χ1) is 26.3. The minimum atomic E-state index is -2.17. The molecule has 0 fully saturated rings. The molecule has 0 aliphatic carbocycles. The van der Waals surface area contributed by atoms with E-state index in [4.69, 9.17) is 16.3 Å². The molecule has 0 N–H and O–H groups in total. The van der Waals surface area contributed by atoms with Crippen LogP contribution in [0.5, 0.6) is 0 Å². The normalized spacial score (nSPS) is 13.7. The second-order valence-electron chi connectivity index (χ2n) is 14.8. The van der Waals surface area contributed by atoms with Crippen molar-refractivity contribution >= 4 is 46.4 Å². The first-order valence-corrected chi connectivity index (χ1v) is 20.6. The SMILES string of the molecule is Cc1ccc2c(n1)oc1c(-c3nc4ccccc4n3-c3ccccc3)[c-]ccc12.[2H]C([2H])([2H])c1c[c-]c(-c2cc(C([2H])([2H])C(C)(C)C)c([Si](C)(C)C)cn2)cc1.[Ir]. The van der Waals surface area contributed by atoms with Crippen molar-refractivity contribution < 1.29 is 31.4 Å². The summed E-state index contributed by atoms with van der Waals surface area (Å²) in [6, 6.07) is 39.3. The molecule has 0 spiro atoms. The van der Waals surface area contributed by atoms with E-state index in [-0.39, 0.29) is 25.7 Å². The van der Waals surface area contributed by atoms with Gasteiger partial charge in [-0.15, -0.1) is 53.6 Å². The van der Waals surface area contributed by atoms with Gasteiger partial charge < -0.3 is 14.0 Å². The van der Waals surface area contributed by atoms with Gasteiger partial charge in [0.15, 0.2) is 0 Å². The largest absolute Gasteiger partial charge is 0.486 e. The maximum atomic E-state index is 8.79. The van der Waals surface area contributed by atoms with Crippen molar-refractivity contribution in [3.05, 3.63) is 138 Å². The topological polar surface area (TPSA) is 56.7 Å². The summed E-state index contributed by atoms with van der Waals surface area (Å²) in [5, 5.41) is 3.03. The number of hydrogen-bond donors (Lipinski definition) is 0. The molecule has 265 valence electrons. The van der Waals surface area contributed by atoms with E-state index in [1.165, 1.54) is 6.07 Å². The molecular formula is C45H44IrN4OSi-2. The third-order valence-corrected chi connectivity index (χ3v) is 10.6. The summed E-state index contributed by atoms with van der Waals surface area (Å²) in [6.45, 7) is 12.1. The molecule has 0 amide bonds. The van der Waals surface area contributed by atoms with Gasteiger partial charge in [-0.2, -0.15) is 0 Å². The number of imidazole rings is 1. The summed E-state index contributed by atoms with van der Waals surface area (Å²) in [7, 11) is -1.81. The minimum absolute atomic E-state index is 0. The number of para-hydroxylation sites is 3. The van der Waals surface area contributed by atoms with E-state index in [0.717, 1.165) is 55.3 Å². The second-order valence-corrected chi connectivity index (χ2v) is 19.9. The zero-order valence-corrected chi connectivity index (χ0v) is 33.8. The molecule has 7 heteroatoms. The molecule has 0 bridgehead atoms. The van der Waals surface area contributed by atoms with Crippen LogP contribution in [0.4, 0.5) is 0 Å². The Kier molecular flexibility index (Phi) is 8.76. The van der Waals surface area contributed by atoms with Crippen molar-refractivity contribution in [1.29, 1.82) is 0 Å². The molecule has 1 radical (unpaired) electrons. The van der Waals surface area contributed by atoms with Crippen LogP contribution in [0.25, 0.3) is 61.4 Å². The number of fused-ring (bicyclic) bond motifs is 4. The number of furan rings is 1. The minimum Gasteiger partial charge on any atom is -0.486 e. The number of aromatic nitrogens is 4. The van der Waals surface area contributed by atoms with Crippen LogP contribution in [0.2, 0.25) is 19.6 Å². The fourth-order valence-corrected chi connectivity index (χ4v) is 7.60. The van der Waals surface area contributed by atoms with Gasteiger partial charge in [-0.05, 0) is 66.0 Å². The Bertz CT molecular complexity index is 2690. The maximum absolute atomic E-state index is 8.79. The van der Waals surface area contributed by atoms with Crippen molar-refractivity contribution in [2.24, 2.45) is 5.41 Å². The fraction of sp³-hybridized carbons (Fsp3) is 0.222. The summed E-state index contributed by atoms with van der Waals surface area (Å²) < 4.78 is 48.4. The summed E-state index contributed by atoms with van der Waals surface area (Å²) >= 11 is 0. The molecule has 52 heavy (non-hydrogen) atoms. The number of benzene rings is 4. The van der Waals surface area contributed by atoms with Gasteiger partial charge in [-0.25, -0.2) is 4.98 Å². The molecule has 0 saturated carbocycles. The average Bonchev–Trinajstić information content (AvgIpc) is 3.72. The zero-order valence-electron chi connectivity index (χ0n) is 35.4. The van der Waals surface area contributed by atoms with Crippen LogP contribution in [-0.4, -0.2) is 27.6 Å². The van der Waals surface area contributed by atoms with Crippen LogP contribution >= 0.6 is 0 Å². The molecule has 0 aliphatic heterocycles. The fourth-order valence-electron chi connectivity index (χ4n) is 6.20. The Balaban J connectivity index is 0.000000190. The number of rotatable bonds is 5. The van der Waals surface area contributed by atoms with E-state index < -0.39 is 26.7 Å². The van der Waals surface area contributed by atoms with Gasteiger partial charge in [0.2, 0.25) is 5.71 Å². The first kappa shape index (κ1) is 30.9. The second kappa shape index (κ2) is 14.7. The molecule has 4 aromatic carbocycles. The van der Waals surface area contributed by atoms with E-state index in [2.05, 4.69) is 70.6 Å². The Hall–Kier alpha value is -4.68. The Morgan fingerprint density at radius 3 is 2.37 bits per heavy atom. The van der Waals surface area contributed by atoms with Crippen LogP contribution in [0, 0.1) is 31.3 Å². The monoisotopic (exact) mass is 882 g/mol. The van der Waals surface area contributed by atoms with Crippen LogP contribution in [0.15, 0.2) is 114 Å². The van der Waals surface area contributed by atoms with E-state index >= 15 is 0 Å². The number of hydrogen-bond acceptors (Lipinski definition) is 4. The van der Waals surface area contributed by atoms with Crippen LogP contribution < -0.4 is 5.19 Å².